The first-order chi connectivity index (χ1) is 8.72. The van der Waals surface area contributed by atoms with Crippen molar-refractivity contribution in [1.29, 1.82) is 0 Å². The van der Waals surface area contributed by atoms with Gasteiger partial charge in [0.05, 0.1) is 4.88 Å². The summed E-state index contributed by atoms with van der Waals surface area (Å²) in [5, 5.41) is 0. The highest BCUT2D eigenvalue weighted by atomic mass is 35.5. The summed E-state index contributed by atoms with van der Waals surface area (Å²) in [5.41, 5.74) is 4.68. The largest absolute Gasteiger partial charge is 1.00 e. The van der Waals surface area contributed by atoms with Gasteiger partial charge in [0.2, 0.25) is 5.51 Å². The second kappa shape index (κ2) is 7.41. The van der Waals surface area contributed by atoms with Crippen LogP contribution in [0.3, 0.4) is 0 Å². The summed E-state index contributed by atoms with van der Waals surface area (Å²) >= 11 is 1.76. The number of hydrogen-bond donors (Lipinski definition) is 0. The Morgan fingerprint density at radius 3 is 2.47 bits per heavy atom. The number of rotatable bonds is 5. The molecule has 1 aromatic carbocycles. The number of hydrogen-bond acceptors (Lipinski definition) is 2. The molecule has 0 radical (unpaired) electrons. The van der Waals surface area contributed by atoms with E-state index in [1.54, 1.807) is 11.3 Å². The van der Waals surface area contributed by atoms with Crippen LogP contribution in [-0.2, 0) is 11.3 Å². The van der Waals surface area contributed by atoms with E-state index >= 15 is 0 Å². The molecule has 0 spiro atoms. The number of carbonyl (C=O) groups excluding carboxylic acids is 1. The first-order valence-corrected chi connectivity index (χ1v) is 7.03. The highest BCUT2D eigenvalue weighted by molar-refractivity contribution is 7.09. The van der Waals surface area contributed by atoms with Crippen molar-refractivity contribution in [3.63, 3.8) is 0 Å². The lowest BCUT2D eigenvalue weighted by Gasteiger charge is -2.10. The minimum Gasteiger partial charge on any atom is -1.00 e. The molecule has 0 saturated carbocycles. The third-order valence-electron chi connectivity index (χ3n) is 3.37. The summed E-state index contributed by atoms with van der Waals surface area (Å²) in [5.74, 6) is 0.265. The number of aryl methyl sites for hydroxylation is 1. The molecule has 2 aromatic rings. The van der Waals surface area contributed by atoms with E-state index in [2.05, 4.69) is 36.1 Å². The van der Waals surface area contributed by atoms with Gasteiger partial charge in [0.1, 0.15) is 6.29 Å². The normalized spacial score (nSPS) is 11.7. The minimum absolute atomic E-state index is 0. The van der Waals surface area contributed by atoms with Crippen LogP contribution in [0.1, 0.15) is 28.5 Å². The predicted molar refractivity (Wildman–Crippen MR) is 73.9 cm³/mol. The van der Waals surface area contributed by atoms with Crippen molar-refractivity contribution in [3.8, 4) is 0 Å². The number of aromatic nitrogens is 1. The summed E-state index contributed by atoms with van der Waals surface area (Å²) in [6, 6.07) is 10.3. The third kappa shape index (κ3) is 3.88. The molecular weight excluding hydrogens is 278 g/mol. The predicted octanol–water partition coefficient (Wildman–Crippen LogP) is 0.0292. The van der Waals surface area contributed by atoms with Gasteiger partial charge in [0.15, 0.2) is 12.2 Å². The van der Waals surface area contributed by atoms with Gasteiger partial charge in [-0.3, -0.25) is 0 Å². The van der Waals surface area contributed by atoms with Gasteiger partial charge in [-0.1, -0.05) is 41.7 Å². The SMILES string of the molecule is Cc1sc[n+](CC(CC=O)c2ccccc2)c1C.[Cl-]. The molecule has 2 rings (SSSR count). The molecule has 0 aliphatic rings. The molecule has 0 fully saturated rings. The van der Waals surface area contributed by atoms with Crippen molar-refractivity contribution in [3.05, 3.63) is 52.0 Å². The number of nitrogens with zero attached hydrogens (tertiary/aromatic N) is 1. The Balaban J connectivity index is 0.00000180. The van der Waals surface area contributed by atoms with Gasteiger partial charge in [0.25, 0.3) is 0 Å². The molecule has 102 valence electrons. The third-order valence-corrected chi connectivity index (χ3v) is 4.37. The Morgan fingerprint density at radius 1 is 1.26 bits per heavy atom. The van der Waals surface area contributed by atoms with E-state index in [1.807, 2.05) is 18.2 Å². The molecule has 2 nitrogen and oxygen atoms in total. The molecule has 0 amide bonds. The van der Waals surface area contributed by atoms with Crippen molar-refractivity contribution in [2.45, 2.75) is 32.7 Å². The van der Waals surface area contributed by atoms with E-state index in [1.165, 1.54) is 16.1 Å². The monoisotopic (exact) mass is 295 g/mol. The zero-order chi connectivity index (χ0) is 13.0. The summed E-state index contributed by atoms with van der Waals surface area (Å²) in [6.45, 7) is 5.14. The Bertz CT molecular complexity index is 524. The van der Waals surface area contributed by atoms with E-state index in [4.69, 9.17) is 0 Å². The molecule has 0 bridgehead atoms. The van der Waals surface area contributed by atoms with Gasteiger partial charge < -0.3 is 17.2 Å². The van der Waals surface area contributed by atoms with E-state index in [9.17, 15) is 4.79 Å². The fraction of sp³-hybridized carbons (Fsp3) is 0.333. The molecular formula is C15H18ClNOS. The molecule has 0 N–H and O–H groups in total. The molecule has 0 aliphatic heterocycles. The lowest BCUT2D eigenvalue weighted by Crippen LogP contribution is -3.00. The van der Waals surface area contributed by atoms with Crippen LogP contribution in [-0.4, -0.2) is 6.29 Å². The highest BCUT2D eigenvalue weighted by Crippen LogP contribution is 2.20. The van der Waals surface area contributed by atoms with Crippen LogP contribution in [0.25, 0.3) is 0 Å². The van der Waals surface area contributed by atoms with Crippen LogP contribution in [0.5, 0.6) is 0 Å². The number of benzene rings is 1. The maximum absolute atomic E-state index is 10.9. The average Bonchev–Trinajstić information content (AvgIpc) is 2.71. The highest BCUT2D eigenvalue weighted by Gasteiger charge is 2.20. The van der Waals surface area contributed by atoms with Gasteiger partial charge in [-0.2, -0.15) is 4.57 Å². The van der Waals surface area contributed by atoms with Crippen LogP contribution in [0.4, 0.5) is 0 Å². The van der Waals surface area contributed by atoms with Crippen molar-refractivity contribution >= 4 is 17.6 Å². The average molecular weight is 296 g/mol. The van der Waals surface area contributed by atoms with E-state index in [-0.39, 0.29) is 18.3 Å². The Labute approximate surface area is 124 Å². The van der Waals surface area contributed by atoms with Gasteiger partial charge in [-0.05, 0) is 12.5 Å². The Morgan fingerprint density at radius 2 is 1.95 bits per heavy atom. The van der Waals surface area contributed by atoms with Crippen LogP contribution in [0.2, 0.25) is 0 Å². The molecule has 1 aromatic heterocycles. The van der Waals surface area contributed by atoms with Crippen LogP contribution in [0, 0.1) is 13.8 Å². The Kier molecular flexibility index (Phi) is 6.19. The fourth-order valence-electron chi connectivity index (χ4n) is 2.08. The maximum atomic E-state index is 10.9. The lowest BCUT2D eigenvalue weighted by atomic mass is 9.96. The number of carbonyl (C=O) groups is 1. The summed E-state index contributed by atoms with van der Waals surface area (Å²) in [4.78, 5) is 12.2. The lowest BCUT2D eigenvalue weighted by molar-refractivity contribution is -0.700. The van der Waals surface area contributed by atoms with E-state index in [0.29, 0.717) is 6.42 Å². The second-order valence-corrected chi connectivity index (χ2v) is 5.59. The zero-order valence-corrected chi connectivity index (χ0v) is 12.7. The molecule has 1 unspecified atom stereocenters. The molecule has 1 atom stereocenters. The van der Waals surface area contributed by atoms with Gasteiger partial charge in [-0.15, -0.1) is 0 Å². The van der Waals surface area contributed by atoms with Crippen molar-refractivity contribution in [1.82, 2.24) is 0 Å². The van der Waals surface area contributed by atoms with Crippen molar-refractivity contribution < 1.29 is 21.8 Å². The zero-order valence-electron chi connectivity index (χ0n) is 11.2. The van der Waals surface area contributed by atoms with Crippen molar-refractivity contribution in [2.75, 3.05) is 0 Å². The topological polar surface area (TPSA) is 20.9 Å². The number of halogens is 1. The quantitative estimate of drug-likeness (QED) is 0.563. The first-order valence-electron chi connectivity index (χ1n) is 6.15. The standard InChI is InChI=1S/C15H18NOS.ClH/c1-12-13(2)18-11-16(12)10-15(8-9-17)14-6-4-3-5-7-14;/h3-7,9,11,15H,8,10H2,1-2H3;1H/q+1;/p-1. The molecule has 0 saturated heterocycles. The van der Waals surface area contributed by atoms with Gasteiger partial charge in [-0.25, -0.2) is 0 Å². The summed E-state index contributed by atoms with van der Waals surface area (Å²) in [7, 11) is 0. The number of thiazole rings is 1. The first kappa shape index (κ1) is 15.9. The van der Waals surface area contributed by atoms with Crippen LogP contribution >= 0.6 is 11.3 Å². The molecule has 0 aliphatic carbocycles. The van der Waals surface area contributed by atoms with Crippen LogP contribution in [0.15, 0.2) is 35.8 Å². The van der Waals surface area contributed by atoms with Gasteiger partial charge in [0, 0.05) is 19.3 Å². The summed E-state index contributed by atoms with van der Waals surface area (Å²) in [6.07, 6.45) is 1.60. The number of aldehydes is 1. The molecule has 4 heteroatoms. The smallest absolute Gasteiger partial charge is 0.225 e. The van der Waals surface area contributed by atoms with E-state index < -0.39 is 0 Å². The molecule has 19 heavy (non-hydrogen) atoms. The Hall–Kier alpha value is -1.19. The van der Waals surface area contributed by atoms with Gasteiger partial charge >= 0.3 is 0 Å². The fourth-order valence-corrected chi connectivity index (χ4v) is 2.90. The van der Waals surface area contributed by atoms with Crippen LogP contribution < -0.4 is 17.0 Å². The molecule has 1 heterocycles. The second-order valence-electron chi connectivity index (χ2n) is 4.53. The van der Waals surface area contributed by atoms with E-state index in [0.717, 1.165) is 12.8 Å². The van der Waals surface area contributed by atoms with Crippen molar-refractivity contribution in [2.24, 2.45) is 0 Å². The minimum atomic E-state index is 0. The summed E-state index contributed by atoms with van der Waals surface area (Å²) < 4.78 is 2.25. The maximum Gasteiger partial charge on any atom is 0.225 e.